The van der Waals surface area contributed by atoms with Gasteiger partial charge in [0.2, 0.25) is 5.52 Å². The quantitative estimate of drug-likeness (QED) is 0.445. The lowest BCUT2D eigenvalue weighted by atomic mass is 10.1. The SMILES string of the molecule is O=c1[nH]c(=O)n2c3c1nc1ccccc1[n+]3[C@H](Cc1ccccc1)C2. The van der Waals surface area contributed by atoms with Crippen LogP contribution in [0.15, 0.2) is 64.2 Å². The molecule has 0 saturated carbocycles. The first-order chi connectivity index (χ1) is 12.2. The van der Waals surface area contributed by atoms with Crippen LogP contribution in [0.5, 0.6) is 0 Å². The fourth-order valence-electron chi connectivity index (χ4n) is 3.76. The number of nitrogens with one attached hydrogen (secondary N) is 1. The Bertz CT molecular complexity index is 1240. The van der Waals surface area contributed by atoms with Gasteiger partial charge in [0.05, 0.1) is 0 Å². The fourth-order valence-corrected chi connectivity index (χ4v) is 3.76. The molecule has 0 spiro atoms. The number of rotatable bonds is 2. The highest BCUT2D eigenvalue weighted by molar-refractivity contribution is 5.79. The number of para-hydroxylation sites is 2. The minimum atomic E-state index is -0.434. The van der Waals surface area contributed by atoms with E-state index in [0.717, 1.165) is 17.5 Å². The van der Waals surface area contributed by atoms with Gasteiger partial charge in [-0.25, -0.2) is 14.3 Å². The molecule has 0 amide bonds. The number of fused-ring (bicyclic) bond motifs is 2. The zero-order valence-corrected chi connectivity index (χ0v) is 13.3. The van der Waals surface area contributed by atoms with Crippen LogP contribution in [0.1, 0.15) is 11.6 Å². The van der Waals surface area contributed by atoms with Crippen LogP contribution < -0.4 is 15.8 Å². The van der Waals surface area contributed by atoms with Crippen molar-refractivity contribution < 1.29 is 4.57 Å². The summed E-state index contributed by atoms with van der Waals surface area (Å²) in [5.74, 6) is 0. The third kappa shape index (κ3) is 2.04. The van der Waals surface area contributed by atoms with Gasteiger partial charge in [-0.15, -0.1) is 0 Å². The predicted molar refractivity (Wildman–Crippen MR) is 93.5 cm³/mol. The van der Waals surface area contributed by atoms with E-state index in [1.54, 1.807) is 4.57 Å². The van der Waals surface area contributed by atoms with Crippen molar-refractivity contribution in [3.63, 3.8) is 0 Å². The molecule has 1 atom stereocenters. The lowest BCUT2D eigenvalue weighted by Crippen LogP contribution is -2.40. The molecular formula is C19H15N4O2+. The predicted octanol–water partition coefficient (Wildman–Crippen LogP) is 1.32. The standard InChI is InChI=1S/C19H14N4O2/c24-17-16-18-22(19(25)21-17)11-13(10-12-6-2-1-3-7-12)23(18)15-9-5-4-8-14(15)20-16/h1-9,13H,10-11H2/p+1/t13-/m1/s1. The molecule has 1 N–H and O–H groups in total. The maximum absolute atomic E-state index is 12.3. The summed E-state index contributed by atoms with van der Waals surface area (Å²) in [5, 5.41) is 0. The van der Waals surface area contributed by atoms with Gasteiger partial charge in [0, 0.05) is 6.42 Å². The van der Waals surface area contributed by atoms with Crippen molar-refractivity contribution in [3.8, 4) is 0 Å². The highest BCUT2D eigenvalue weighted by atomic mass is 16.2. The Morgan fingerprint density at radius 1 is 1.08 bits per heavy atom. The maximum atomic E-state index is 12.3. The number of nitrogens with zero attached hydrogens (tertiary/aromatic N) is 3. The Morgan fingerprint density at radius 3 is 2.68 bits per heavy atom. The molecule has 1 aliphatic rings. The molecule has 2 aromatic carbocycles. The van der Waals surface area contributed by atoms with Gasteiger partial charge >= 0.3 is 11.3 Å². The molecule has 1 aliphatic heterocycles. The van der Waals surface area contributed by atoms with Gasteiger partial charge in [0.25, 0.3) is 5.56 Å². The number of hydrogen-bond acceptors (Lipinski definition) is 3. The van der Waals surface area contributed by atoms with Gasteiger partial charge in [-0.05, 0) is 17.7 Å². The molecule has 0 unspecified atom stereocenters. The molecule has 2 aromatic heterocycles. The van der Waals surface area contributed by atoms with Gasteiger partial charge in [-0.3, -0.25) is 9.78 Å². The Hall–Kier alpha value is -3.28. The van der Waals surface area contributed by atoms with Gasteiger partial charge in [-0.2, -0.15) is 4.57 Å². The smallest absolute Gasteiger partial charge is 0.267 e. The van der Waals surface area contributed by atoms with Crippen LogP contribution in [0.4, 0.5) is 0 Å². The molecule has 122 valence electrons. The topological polar surface area (TPSA) is 71.6 Å². The number of benzene rings is 2. The summed E-state index contributed by atoms with van der Waals surface area (Å²) in [6, 6.07) is 18.0. The second-order valence-corrected chi connectivity index (χ2v) is 6.36. The minimum absolute atomic E-state index is 0.0562. The molecule has 0 fully saturated rings. The van der Waals surface area contributed by atoms with Crippen molar-refractivity contribution in [2.45, 2.75) is 19.0 Å². The van der Waals surface area contributed by atoms with Crippen LogP contribution >= 0.6 is 0 Å². The summed E-state index contributed by atoms with van der Waals surface area (Å²) in [6.07, 6.45) is 0.782. The first-order valence-corrected chi connectivity index (χ1v) is 8.23. The number of H-pyrrole nitrogens is 1. The lowest BCUT2D eigenvalue weighted by molar-refractivity contribution is -0.666. The van der Waals surface area contributed by atoms with Crippen molar-refractivity contribution >= 4 is 22.2 Å². The van der Waals surface area contributed by atoms with Crippen LogP contribution in [-0.4, -0.2) is 14.5 Å². The zero-order valence-electron chi connectivity index (χ0n) is 13.3. The van der Waals surface area contributed by atoms with Crippen LogP contribution in [0.2, 0.25) is 0 Å². The maximum Gasteiger partial charge on any atom is 0.416 e. The molecule has 3 heterocycles. The lowest BCUT2D eigenvalue weighted by Gasteiger charge is -2.10. The number of hydrogen-bond donors (Lipinski definition) is 1. The second kappa shape index (κ2) is 5.11. The highest BCUT2D eigenvalue weighted by Crippen LogP contribution is 2.22. The van der Waals surface area contributed by atoms with Gasteiger partial charge in [0.1, 0.15) is 18.1 Å². The molecule has 0 saturated heterocycles. The molecular weight excluding hydrogens is 316 g/mol. The molecule has 4 aromatic rings. The summed E-state index contributed by atoms with van der Waals surface area (Å²) in [7, 11) is 0. The second-order valence-electron chi connectivity index (χ2n) is 6.36. The van der Waals surface area contributed by atoms with E-state index >= 15 is 0 Å². The minimum Gasteiger partial charge on any atom is -0.267 e. The van der Waals surface area contributed by atoms with Crippen molar-refractivity contribution in [1.82, 2.24) is 14.5 Å². The Kier molecular flexibility index (Phi) is 2.88. The summed E-state index contributed by atoms with van der Waals surface area (Å²) < 4.78 is 3.73. The van der Waals surface area contributed by atoms with Crippen molar-refractivity contribution in [3.05, 3.63) is 81.0 Å². The first-order valence-electron chi connectivity index (χ1n) is 8.23. The van der Waals surface area contributed by atoms with Gasteiger partial charge < -0.3 is 0 Å². The van der Waals surface area contributed by atoms with Crippen LogP contribution in [0.3, 0.4) is 0 Å². The third-order valence-corrected chi connectivity index (χ3v) is 4.82. The fraction of sp³-hybridized carbons (Fsp3) is 0.158. The Morgan fingerprint density at radius 2 is 1.84 bits per heavy atom. The van der Waals surface area contributed by atoms with Crippen LogP contribution in [0, 0.1) is 0 Å². The number of aromatic amines is 1. The summed E-state index contributed by atoms with van der Waals surface area (Å²) in [5.41, 5.74) is 3.00. The first kappa shape index (κ1) is 14.1. The van der Waals surface area contributed by atoms with E-state index < -0.39 is 5.56 Å². The van der Waals surface area contributed by atoms with Crippen molar-refractivity contribution in [1.29, 1.82) is 0 Å². The van der Waals surface area contributed by atoms with Crippen molar-refractivity contribution in [2.24, 2.45) is 0 Å². The van der Waals surface area contributed by atoms with E-state index in [1.807, 2.05) is 42.5 Å². The Labute approximate surface area is 142 Å². The van der Waals surface area contributed by atoms with E-state index in [2.05, 4.69) is 26.7 Å². The van der Waals surface area contributed by atoms with E-state index in [1.165, 1.54) is 5.56 Å². The van der Waals surface area contributed by atoms with E-state index in [0.29, 0.717) is 17.7 Å². The van der Waals surface area contributed by atoms with E-state index in [4.69, 9.17) is 0 Å². The van der Waals surface area contributed by atoms with Crippen molar-refractivity contribution in [2.75, 3.05) is 0 Å². The average molecular weight is 331 g/mol. The molecule has 5 rings (SSSR count). The van der Waals surface area contributed by atoms with Gasteiger partial charge in [-0.1, -0.05) is 42.5 Å². The normalized spacial score (nSPS) is 15.9. The van der Waals surface area contributed by atoms with E-state index in [9.17, 15) is 9.59 Å². The monoisotopic (exact) mass is 331 g/mol. The van der Waals surface area contributed by atoms with Crippen LogP contribution in [-0.2, 0) is 13.0 Å². The highest BCUT2D eigenvalue weighted by Gasteiger charge is 2.36. The third-order valence-electron chi connectivity index (χ3n) is 4.82. The van der Waals surface area contributed by atoms with E-state index in [-0.39, 0.29) is 11.7 Å². The molecule has 0 radical (unpaired) electrons. The molecule has 6 nitrogen and oxygen atoms in total. The van der Waals surface area contributed by atoms with Crippen LogP contribution in [0.25, 0.3) is 22.2 Å². The number of aromatic nitrogens is 4. The Balaban J connectivity index is 1.84. The average Bonchev–Trinajstić information content (AvgIpc) is 3.01. The summed E-state index contributed by atoms with van der Waals surface area (Å²) in [6.45, 7) is 0.524. The van der Waals surface area contributed by atoms with Gasteiger partial charge in [0.15, 0.2) is 5.52 Å². The molecule has 0 bridgehead atoms. The summed E-state index contributed by atoms with van der Waals surface area (Å²) in [4.78, 5) is 31.5. The largest absolute Gasteiger partial charge is 0.416 e. The summed E-state index contributed by atoms with van der Waals surface area (Å²) >= 11 is 0. The zero-order chi connectivity index (χ0) is 17.0. The molecule has 0 aliphatic carbocycles. The molecule has 6 heteroatoms. The molecule has 25 heavy (non-hydrogen) atoms.